The predicted molar refractivity (Wildman–Crippen MR) is 84.0 cm³/mol. The summed E-state index contributed by atoms with van der Waals surface area (Å²) in [6.45, 7) is 2.38. The zero-order valence-corrected chi connectivity index (χ0v) is 13.4. The highest BCUT2D eigenvalue weighted by atomic mass is 32.2. The number of hydrogen-bond donors (Lipinski definition) is 2. The molecule has 1 aliphatic rings. The summed E-state index contributed by atoms with van der Waals surface area (Å²) in [5, 5.41) is 3.35. The molecule has 1 aliphatic carbocycles. The first-order chi connectivity index (χ1) is 10.1. The summed E-state index contributed by atoms with van der Waals surface area (Å²) < 4.78 is 32.8. The molecule has 1 fully saturated rings. The summed E-state index contributed by atoms with van der Waals surface area (Å²) in [4.78, 5) is 0.306. The fourth-order valence-electron chi connectivity index (χ4n) is 2.71. The third-order valence-corrected chi connectivity index (χ3v) is 5.33. The minimum Gasteiger partial charge on any atom is -0.379 e. The van der Waals surface area contributed by atoms with Crippen LogP contribution in [-0.4, -0.2) is 34.2 Å². The second-order valence-corrected chi connectivity index (χ2v) is 7.09. The van der Waals surface area contributed by atoms with E-state index in [2.05, 4.69) is 10.0 Å². The van der Waals surface area contributed by atoms with Gasteiger partial charge in [-0.15, -0.1) is 0 Å². The van der Waals surface area contributed by atoms with Crippen LogP contribution in [0.4, 0.5) is 5.69 Å². The lowest BCUT2D eigenvalue weighted by Gasteiger charge is -2.22. The molecule has 1 saturated carbocycles. The summed E-state index contributed by atoms with van der Waals surface area (Å²) in [7, 11) is -1.77. The summed E-state index contributed by atoms with van der Waals surface area (Å²) in [6.07, 6.45) is 4.01. The second-order valence-electron chi connectivity index (χ2n) is 5.35. The van der Waals surface area contributed by atoms with Crippen LogP contribution in [0.2, 0.25) is 0 Å². The minimum atomic E-state index is -3.47. The molecule has 0 amide bonds. The number of ether oxygens (including phenoxy) is 1. The molecule has 118 valence electrons. The molecule has 0 radical (unpaired) electrons. The van der Waals surface area contributed by atoms with Crippen molar-refractivity contribution in [1.29, 1.82) is 0 Å². The zero-order valence-electron chi connectivity index (χ0n) is 12.6. The Balaban J connectivity index is 2.21. The van der Waals surface area contributed by atoms with Crippen LogP contribution < -0.4 is 10.0 Å². The van der Waals surface area contributed by atoms with E-state index in [1.807, 2.05) is 19.1 Å². The highest BCUT2D eigenvalue weighted by molar-refractivity contribution is 7.89. The molecular weight excluding hydrogens is 288 g/mol. The fourth-order valence-corrected chi connectivity index (χ4v) is 4.01. The van der Waals surface area contributed by atoms with E-state index in [-0.39, 0.29) is 12.1 Å². The SMILES string of the molecule is CCCNS(=O)(=O)c1ccccc1NC1CCCC1OC. The number of nitrogens with one attached hydrogen (secondary N) is 2. The molecule has 2 N–H and O–H groups in total. The standard InChI is InChI=1S/C15H24N2O3S/c1-3-11-16-21(18,19)15-10-5-4-7-13(15)17-12-8-6-9-14(12)20-2/h4-5,7,10,12,14,16-17H,3,6,8-9,11H2,1-2H3. The first-order valence-electron chi connectivity index (χ1n) is 7.46. The van der Waals surface area contributed by atoms with Gasteiger partial charge in [0.25, 0.3) is 0 Å². The topological polar surface area (TPSA) is 67.4 Å². The highest BCUT2D eigenvalue weighted by Gasteiger charge is 2.28. The average Bonchev–Trinajstić information content (AvgIpc) is 2.93. The molecule has 0 bridgehead atoms. The molecule has 2 atom stereocenters. The Bertz CT molecular complexity index is 560. The maximum Gasteiger partial charge on any atom is 0.242 e. The van der Waals surface area contributed by atoms with E-state index in [1.54, 1.807) is 19.2 Å². The average molecular weight is 312 g/mol. The number of benzene rings is 1. The third-order valence-electron chi connectivity index (χ3n) is 3.81. The van der Waals surface area contributed by atoms with E-state index in [4.69, 9.17) is 4.74 Å². The molecular formula is C15H24N2O3S. The van der Waals surface area contributed by atoms with Crippen molar-refractivity contribution in [3.05, 3.63) is 24.3 Å². The van der Waals surface area contributed by atoms with E-state index < -0.39 is 10.0 Å². The number of sulfonamides is 1. The molecule has 0 aliphatic heterocycles. The van der Waals surface area contributed by atoms with Crippen molar-refractivity contribution >= 4 is 15.7 Å². The minimum absolute atomic E-state index is 0.143. The van der Waals surface area contributed by atoms with Crippen LogP contribution in [0.3, 0.4) is 0 Å². The molecule has 0 saturated heterocycles. The monoisotopic (exact) mass is 312 g/mol. The molecule has 21 heavy (non-hydrogen) atoms. The maximum absolute atomic E-state index is 12.4. The van der Waals surface area contributed by atoms with Gasteiger partial charge >= 0.3 is 0 Å². The van der Waals surface area contributed by atoms with Gasteiger partial charge in [-0.2, -0.15) is 0 Å². The van der Waals surface area contributed by atoms with Crippen LogP contribution in [-0.2, 0) is 14.8 Å². The molecule has 2 unspecified atom stereocenters. The summed E-state index contributed by atoms with van der Waals surface area (Å²) in [6, 6.07) is 7.20. The van der Waals surface area contributed by atoms with Crippen LogP contribution in [0.5, 0.6) is 0 Å². The van der Waals surface area contributed by atoms with Gasteiger partial charge in [-0.25, -0.2) is 13.1 Å². The Morgan fingerprint density at radius 1 is 1.29 bits per heavy atom. The quantitative estimate of drug-likeness (QED) is 0.811. The Morgan fingerprint density at radius 3 is 2.76 bits per heavy atom. The van der Waals surface area contributed by atoms with Crippen molar-refractivity contribution in [3.63, 3.8) is 0 Å². The van der Waals surface area contributed by atoms with Crippen LogP contribution in [0.15, 0.2) is 29.2 Å². The van der Waals surface area contributed by atoms with Gasteiger partial charge in [0.05, 0.1) is 17.8 Å². The third kappa shape index (κ3) is 3.96. The van der Waals surface area contributed by atoms with Crippen LogP contribution in [0.1, 0.15) is 32.6 Å². The lowest BCUT2D eigenvalue weighted by atomic mass is 10.2. The molecule has 2 rings (SSSR count). The van der Waals surface area contributed by atoms with E-state index in [1.165, 1.54) is 0 Å². The van der Waals surface area contributed by atoms with Gasteiger partial charge in [-0.3, -0.25) is 0 Å². The van der Waals surface area contributed by atoms with Crippen molar-refractivity contribution in [2.75, 3.05) is 19.0 Å². The molecule has 1 aromatic rings. The van der Waals surface area contributed by atoms with E-state index in [0.29, 0.717) is 17.1 Å². The number of rotatable bonds is 7. The number of methoxy groups -OCH3 is 1. The normalized spacial score (nSPS) is 22.4. The second kappa shape index (κ2) is 7.24. The van der Waals surface area contributed by atoms with Gasteiger partial charge in [-0.05, 0) is 37.8 Å². The smallest absolute Gasteiger partial charge is 0.242 e. The van der Waals surface area contributed by atoms with Crippen molar-refractivity contribution < 1.29 is 13.2 Å². The number of para-hydroxylation sites is 1. The van der Waals surface area contributed by atoms with Crippen LogP contribution in [0, 0.1) is 0 Å². The highest BCUT2D eigenvalue weighted by Crippen LogP contribution is 2.28. The van der Waals surface area contributed by atoms with Gasteiger partial charge in [-0.1, -0.05) is 19.1 Å². The van der Waals surface area contributed by atoms with Gasteiger partial charge in [0.2, 0.25) is 10.0 Å². The molecule has 1 aromatic carbocycles. The van der Waals surface area contributed by atoms with Crippen molar-refractivity contribution in [2.45, 2.75) is 49.6 Å². The van der Waals surface area contributed by atoms with Crippen LogP contribution >= 0.6 is 0 Å². The Hall–Kier alpha value is -1.11. The first kappa shape index (κ1) is 16.3. The van der Waals surface area contributed by atoms with Crippen molar-refractivity contribution in [1.82, 2.24) is 4.72 Å². The van der Waals surface area contributed by atoms with E-state index in [9.17, 15) is 8.42 Å². The maximum atomic E-state index is 12.4. The molecule has 5 nitrogen and oxygen atoms in total. The van der Waals surface area contributed by atoms with Gasteiger partial charge in [0.15, 0.2) is 0 Å². The van der Waals surface area contributed by atoms with Gasteiger partial charge < -0.3 is 10.1 Å². The zero-order chi connectivity index (χ0) is 15.3. The number of hydrogen-bond acceptors (Lipinski definition) is 4. The Kier molecular flexibility index (Phi) is 5.61. The first-order valence-corrected chi connectivity index (χ1v) is 8.95. The van der Waals surface area contributed by atoms with E-state index >= 15 is 0 Å². The molecule has 0 heterocycles. The Labute approximate surface area is 127 Å². The van der Waals surface area contributed by atoms with Crippen molar-refractivity contribution in [3.8, 4) is 0 Å². The van der Waals surface area contributed by atoms with Gasteiger partial charge in [0.1, 0.15) is 4.90 Å². The lowest BCUT2D eigenvalue weighted by Crippen LogP contribution is -2.31. The van der Waals surface area contributed by atoms with E-state index in [0.717, 1.165) is 25.7 Å². The fraction of sp³-hybridized carbons (Fsp3) is 0.600. The summed E-state index contributed by atoms with van der Waals surface area (Å²) in [5.41, 5.74) is 0.648. The number of anilines is 1. The van der Waals surface area contributed by atoms with Crippen LogP contribution in [0.25, 0.3) is 0 Å². The van der Waals surface area contributed by atoms with Crippen molar-refractivity contribution in [2.24, 2.45) is 0 Å². The Morgan fingerprint density at radius 2 is 2.05 bits per heavy atom. The summed E-state index contributed by atoms with van der Waals surface area (Å²) >= 11 is 0. The lowest BCUT2D eigenvalue weighted by molar-refractivity contribution is 0.101. The van der Waals surface area contributed by atoms with Gasteiger partial charge in [0, 0.05) is 13.7 Å². The predicted octanol–water partition coefficient (Wildman–Crippen LogP) is 2.35. The molecule has 0 aromatic heterocycles. The molecule has 0 spiro atoms. The summed E-state index contributed by atoms with van der Waals surface area (Å²) in [5.74, 6) is 0. The largest absolute Gasteiger partial charge is 0.379 e. The molecule has 6 heteroatoms.